The molecule has 0 atom stereocenters. The van der Waals surface area contributed by atoms with Gasteiger partial charge in [0.1, 0.15) is 5.75 Å². The van der Waals surface area contributed by atoms with E-state index in [1.807, 2.05) is 18.2 Å². The van der Waals surface area contributed by atoms with Crippen molar-refractivity contribution in [1.29, 1.82) is 0 Å². The van der Waals surface area contributed by atoms with Gasteiger partial charge in [0.15, 0.2) is 5.78 Å². The van der Waals surface area contributed by atoms with Crippen molar-refractivity contribution in [2.24, 2.45) is 0 Å². The summed E-state index contributed by atoms with van der Waals surface area (Å²) >= 11 is 0. The molecule has 4 nitrogen and oxygen atoms in total. The molecule has 0 unspecified atom stereocenters. The molecule has 2 aromatic carbocycles. The molecular formula is C19H17NO3. The second kappa shape index (κ2) is 6.48. The number of nitrogens with one attached hydrogen (secondary N) is 1. The number of hydrogen-bond donors (Lipinski definition) is 1. The van der Waals surface area contributed by atoms with Crippen molar-refractivity contribution >= 4 is 23.5 Å². The molecule has 1 aliphatic rings. The largest absolute Gasteiger partial charge is 0.493 e. The number of anilines is 1. The van der Waals surface area contributed by atoms with E-state index >= 15 is 0 Å². The zero-order chi connectivity index (χ0) is 16.2. The van der Waals surface area contributed by atoms with Crippen molar-refractivity contribution in [2.75, 3.05) is 11.9 Å². The van der Waals surface area contributed by atoms with E-state index in [1.54, 1.807) is 30.3 Å². The van der Waals surface area contributed by atoms with E-state index < -0.39 is 0 Å². The predicted octanol–water partition coefficient (Wildman–Crippen LogP) is 3.48. The van der Waals surface area contributed by atoms with Crippen LogP contribution in [-0.2, 0) is 11.2 Å². The fourth-order valence-electron chi connectivity index (χ4n) is 2.48. The number of ketones is 1. The van der Waals surface area contributed by atoms with Crippen molar-refractivity contribution in [3.05, 3.63) is 65.2 Å². The van der Waals surface area contributed by atoms with Gasteiger partial charge in [0.25, 0.3) is 0 Å². The standard InChI is InChI=1S/C19H17NO3/c1-13(21)15-3-2-4-17(12-15)20-19(22)8-6-14-5-7-18-16(11-14)9-10-23-18/h2-8,11-12H,9-10H2,1H3,(H,20,22)/b8-6+. The van der Waals surface area contributed by atoms with Crippen LogP contribution < -0.4 is 10.1 Å². The number of amides is 1. The van der Waals surface area contributed by atoms with Crippen molar-refractivity contribution in [1.82, 2.24) is 0 Å². The minimum absolute atomic E-state index is 0.0306. The number of carbonyl (C=O) groups is 2. The van der Waals surface area contributed by atoms with E-state index in [4.69, 9.17) is 4.74 Å². The number of benzene rings is 2. The molecule has 1 amide bonds. The molecule has 1 heterocycles. The van der Waals surface area contributed by atoms with Crippen molar-refractivity contribution in [3.63, 3.8) is 0 Å². The van der Waals surface area contributed by atoms with Crippen LogP contribution in [0.15, 0.2) is 48.5 Å². The Morgan fingerprint density at radius 2 is 2.04 bits per heavy atom. The molecule has 1 aliphatic heterocycles. The summed E-state index contributed by atoms with van der Waals surface area (Å²) in [5, 5.41) is 2.76. The Hall–Kier alpha value is -2.88. The average Bonchev–Trinajstić information content (AvgIpc) is 3.01. The molecular weight excluding hydrogens is 290 g/mol. The zero-order valence-electron chi connectivity index (χ0n) is 12.8. The summed E-state index contributed by atoms with van der Waals surface area (Å²) in [6, 6.07) is 12.8. The van der Waals surface area contributed by atoms with Crippen LogP contribution in [0.2, 0.25) is 0 Å². The van der Waals surface area contributed by atoms with Crippen LogP contribution in [-0.4, -0.2) is 18.3 Å². The number of hydrogen-bond acceptors (Lipinski definition) is 3. The summed E-state index contributed by atoms with van der Waals surface area (Å²) in [5.74, 6) is 0.659. The summed E-state index contributed by atoms with van der Waals surface area (Å²) < 4.78 is 5.46. The minimum atomic E-state index is -0.234. The smallest absolute Gasteiger partial charge is 0.248 e. The molecule has 0 spiro atoms. The van der Waals surface area contributed by atoms with E-state index in [0.717, 1.165) is 24.3 Å². The topological polar surface area (TPSA) is 55.4 Å². The Balaban J connectivity index is 1.67. The number of carbonyl (C=O) groups excluding carboxylic acids is 2. The summed E-state index contributed by atoms with van der Waals surface area (Å²) in [6.45, 7) is 2.22. The predicted molar refractivity (Wildman–Crippen MR) is 89.8 cm³/mol. The zero-order valence-corrected chi connectivity index (χ0v) is 12.8. The Morgan fingerprint density at radius 3 is 2.87 bits per heavy atom. The number of Topliss-reactive ketones (excluding diaryl/α,β-unsaturated/α-hetero) is 1. The molecule has 4 heteroatoms. The molecule has 1 N–H and O–H groups in total. The molecule has 23 heavy (non-hydrogen) atoms. The highest BCUT2D eigenvalue weighted by Crippen LogP contribution is 2.26. The third kappa shape index (κ3) is 3.66. The molecule has 0 aliphatic carbocycles. The Bertz CT molecular complexity index is 793. The maximum Gasteiger partial charge on any atom is 0.248 e. The number of fused-ring (bicyclic) bond motifs is 1. The Labute approximate surface area is 134 Å². The SMILES string of the molecule is CC(=O)c1cccc(NC(=O)/C=C/c2ccc3c(c2)CCO3)c1. The number of rotatable bonds is 4. The van der Waals surface area contributed by atoms with Gasteiger partial charge in [0.05, 0.1) is 6.61 Å². The summed E-state index contributed by atoms with van der Waals surface area (Å²) in [5.41, 5.74) is 3.31. The first-order valence-electron chi connectivity index (χ1n) is 7.47. The molecule has 2 aromatic rings. The second-order valence-corrected chi connectivity index (χ2v) is 5.43. The van der Waals surface area contributed by atoms with Gasteiger partial charge in [-0.1, -0.05) is 18.2 Å². The lowest BCUT2D eigenvalue weighted by Gasteiger charge is -2.04. The van der Waals surface area contributed by atoms with Crippen LogP contribution in [0.4, 0.5) is 5.69 Å². The number of ether oxygens (including phenoxy) is 1. The summed E-state index contributed by atoms with van der Waals surface area (Å²) in [7, 11) is 0. The Kier molecular flexibility index (Phi) is 4.24. The Morgan fingerprint density at radius 1 is 1.17 bits per heavy atom. The maximum absolute atomic E-state index is 12.0. The van der Waals surface area contributed by atoms with Gasteiger partial charge in [-0.25, -0.2) is 0 Å². The first-order valence-corrected chi connectivity index (χ1v) is 7.47. The second-order valence-electron chi connectivity index (χ2n) is 5.43. The molecule has 3 rings (SSSR count). The molecule has 0 saturated carbocycles. The van der Waals surface area contributed by atoms with Gasteiger partial charge in [-0.05, 0) is 48.4 Å². The van der Waals surface area contributed by atoms with Gasteiger partial charge in [-0.2, -0.15) is 0 Å². The molecule has 116 valence electrons. The molecule has 0 radical (unpaired) electrons. The van der Waals surface area contributed by atoms with Crippen LogP contribution in [0.1, 0.15) is 28.4 Å². The van der Waals surface area contributed by atoms with Crippen LogP contribution in [0, 0.1) is 0 Å². The molecule has 0 bridgehead atoms. The van der Waals surface area contributed by atoms with Gasteiger partial charge in [-0.3, -0.25) is 9.59 Å². The van der Waals surface area contributed by atoms with Gasteiger partial charge in [0, 0.05) is 23.7 Å². The highest BCUT2D eigenvalue weighted by Gasteiger charge is 2.11. The van der Waals surface area contributed by atoms with Crippen LogP contribution >= 0.6 is 0 Å². The normalized spacial score (nSPS) is 12.7. The van der Waals surface area contributed by atoms with Crippen LogP contribution in [0.3, 0.4) is 0 Å². The van der Waals surface area contributed by atoms with Gasteiger partial charge in [-0.15, -0.1) is 0 Å². The highest BCUT2D eigenvalue weighted by molar-refractivity contribution is 6.03. The fourth-order valence-corrected chi connectivity index (χ4v) is 2.48. The highest BCUT2D eigenvalue weighted by atomic mass is 16.5. The average molecular weight is 307 g/mol. The lowest BCUT2D eigenvalue weighted by molar-refractivity contribution is -0.111. The van der Waals surface area contributed by atoms with Crippen molar-refractivity contribution in [3.8, 4) is 5.75 Å². The summed E-state index contributed by atoms with van der Waals surface area (Å²) in [4.78, 5) is 23.3. The van der Waals surface area contributed by atoms with Gasteiger partial charge >= 0.3 is 0 Å². The minimum Gasteiger partial charge on any atom is -0.493 e. The lowest BCUT2D eigenvalue weighted by Crippen LogP contribution is -2.08. The van der Waals surface area contributed by atoms with E-state index in [2.05, 4.69) is 5.32 Å². The van der Waals surface area contributed by atoms with Crippen molar-refractivity contribution < 1.29 is 14.3 Å². The van der Waals surface area contributed by atoms with Gasteiger partial charge in [0.2, 0.25) is 5.91 Å². The van der Waals surface area contributed by atoms with E-state index in [9.17, 15) is 9.59 Å². The summed E-state index contributed by atoms with van der Waals surface area (Å²) in [6.07, 6.45) is 4.15. The van der Waals surface area contributed by atoms with Crippen molar-refractivity contribution in [2.45, 2.75) is 13.3 Å². The molecule has 0 saturated heterocycles. The molecule has 0 aromatic heterocycles. The van der Waals surface area contributed by atoms with Crippen LogP contribution in [0.25, 0.3) is 6.08 Å². The first-order chi connectivity index (χ1) is 11.1. The monoisotopic (exact) mass is 307 g/mol. The van der Waals surface area contributed by atoms with Crippen LogP contribution in [0.5, 0.6) is 5.75 Å². The molecule has 0 fully saturated rings. The van der Waals surface area contributed by atoms with E-state index in [-0.39, 0.29) is 11.7 Å². The lowest BCUT2D eigenvalue weighted by atomic mass is 10.1. The van der Waals surface area contributed by atoms with E-state index in [0.29, 0.717) is 11.3 Å². The maximum atomic E-state index is 12.0. The van der Waals surface area contributed by atoms with E-state index in [1.165, 1.54) is 18.6 Å². The van der Waals surface area contributed by atoms with Gasteiger partial charge < -0.3 is 10.1 Å². The third-order valence-electron chi connectivity index (χ3n) is 3.68. The first kappa shape index (κ1) is 15.0. The fraction of sp³-hybridized carbons (Fsp3) is 0.158. The third-order valence-corrected chi connectivity index (χ3v) is 3.68. The quantitative estimate of drug-likeness (QED) is 0.695.